The molecular weight excluding hydrogens is 280 g/mol. The fourth-order valence-electron chi connectivity index (χ4n) is 2.20. The molecular formula is C13H18N2O4S. The van der Waals surface area contributed by atoms with Crippen LogP contribution in [0.5, 0.6) is 5.75 Å². The molecule has 0 saturated carbocycles. The first-order valence-electron chi connectivity index (χ1n) is 6.30. The second kappa shape index (κ2) is 5.70. The van der Waals surface area contributed by atoms with Gasteiger partial charge in [-0.2, -0.15) is 0 Å². The summed E-state index contributed by atoms with van der Waals surface area (Å²) in [6.07, 6.45) is 0.484. The van der Waals surface area contributed by atoms with Crippen molar-refractivity contribution in [2.45, 2.75) is 12.5 Å². The van der Waals surface area contributed by atoms with Gasteiger partial charge in [-0.15, -0.1) is 0 Å². The lowest BCUT2D eigenvalue weighted by atomic mass is 10.2. The van der Waals surface area contributed by atoms with Gasteiger partial charge in [0.05, 0.1) is 24.3 Å². The second-order valence-corrected chi connectivity index (χ2v) is 7.03. The van der Waals surface area contributed by atoms with Crippen LogP contribution in [0.2, 0.25) is 0 Å². The molecule has 0 aromatic heterocycles. The minimum absolute atomic E-state index is 0.0306. The summed E-state index contributed by atoms with van der Waals surface area (Å²) in [5.74, 6) is 0.737. The van der Waals surface area contributed by atoms with Crippen molar-refractivity contribution in [2.75, 3.05) is 31.0 Å². The Morgan fingerprint density at radius 3 is 2.70 bits per heavy atom. The van der Waals surface area contributed by atoms with Gasteiger partial charge >= 0.3 is 6.03 Å². The minimum Gasteiger partial charge on any atom is -0.495 e. The number of urea groups is 1. The molecule has 1 aliphatic rings. The first-order chi connectivity index (χ1) is 9.43. The van der Waals surface area contributed by atoms with Gasteiger partial charge in [0, 0.05) is 13.1 Å². The summed E-state index contributed by atoms with van der Waals surface area (Å²) in [5, 5.41) is 2.73. The van der Waals surface area contributed by atoms with Crippen molar-refractivity contribution >= 4 is 21.6 Å². The highest BCUT2D eigenvalue weighted by Crippen LogP contribution is 2.24. The zero-order valence-corrected chi connectivity index (χ0v) is 12.3. The molecule has 20 heavy (non-hydrogen) atoms. The quantitative estimate of drug-likeness (QED) is 0.914. The van der Waals surface area contributed by atoms with Gasteiger partial charge in [-0.3, -0.25) is 0 Å². The van der Waals surface area contributed by atoms with Gasteiger partial charge in [0.2, 0.25) is 0 Å². The number of amides is 2. The van der Waals surface area contributed by atoms with Crippen molar-refractivity contribution in [3.05, 3.63) is 24.3 Å². The molecule has 1 saturated heterocycles. The molecule has 0 spiro atoms. The molecule has 1 fully saturated rings. The topological polar surface area (TPSA) is 75.7 Å². The molecule has 0 radical (unpaired) electrons. The standard InChI is InChI=1S/C13H18N2O4S/c1-15(10-7-8-20(17,18)9-10)13(16)14-11-5-3-4-6-12(11)19-2/h3-6,10H,7-9H2,1-2H3,(H,14,16). The Bertz CT molecular complexity index is 600. The highest BCUT2D eigenvalue weighted by atomic mass is 32.2. The van der Waals surface area contributed by atoms with Crippen molar-refractivity contribution in [3.63, 3.8) is 0 Å². The van der Waals surface area contributed by atoms with E-state index in [1.165, 1.54) is 12.0 Å². The van der Waals surface area contributed by atoms with Crippen LogP contribution >= 0.6 is 0 Å². The van der Waals surface area contributed by atoms with Crippen molar-refractivity contribution in [3.8, 4) is 5.75 Å². The van der Waals surface area contributed by atoms with Crippen molar-refractivity contribution in [2.24, 2.45) is 0 Å². The van der Waals surface area contributed by atoms with Crippen LogP contribution in [0.3, 0.4) is 0 Å². The van der Waals surface area contributed by atoms with Gasteiger partial charge in [0.25, 0.3) is 0 Å². The molecule has 0 aliphatic carbocycles. The molecule has 2 rings (SSSR count). The summed E-state index contributed by atoms with van der Waals surface area (Å²) in [5.41, 5.74) is 0.563. The molecule has 2 amide bonds. The summed E-state index contributed by atoms with van der Waals surface area (Å²) in [7, 11) is 0.127. The second-order valence-electron chi connectivity index (χ2n) is 4.80. The number of hydrogen-bond acceptors (Lipinski definition) is 4. The SMILES string of the molecule is COc1ccccc1NC(=O)N(C)C1CCS(=O)(=O)C1. The van der Waals surface area contributed by atoms with E-state index in [1.807, 2.05) is 6.07 Å². The lowest BCUT2D eigenvalue weighted by Gasteiger charge is -2.24. The Labute approximate surface area is 118 Å². The third-order valence-corrected chi connectivity index (χ3v) is 5.18. The molecule has 6 nitrogen and oxygen atoms in total. The average Bonchev–Trinajstić information content (AvgIpc) is 2.78. The molecule has 7 heteroatoms. The van der Waals surface area contributed by atoms with Gasteiger partial charge in [0.15, 0.2) is 9.84 Å². The van der Waals surface area contributed by atoms with Crippen LogP contribution in [-0.4, -0.2) is 51.1 Å². The first-order valence-corrected chi connectivity index (χ1v) is 8.12. The number of nitrogens with one attached hydrogen (secondary N) is 1. The third-order valence-electron chi connectivity index (χ3n) is 3.43. The van der Waals surface area contributed by atoms with Gasteiger partial charge in [-0.05, 0) is 18.6 Å². The van der Waals surface area contributed by atoms with E-state index in [0.29, 0.717) is 17.9 Å². The van der Waals surface area contributed by atoms with Crippen LogP contribution in [0, 0.1) is 0 Å². The molecule has 1 aromatic rings. The van der Waals surface area contributed by atoms with Crippen LogP contribution in [0.1, 0.15) is 6.42 Å². The van der Waals surface area contributed by atoms with Gasteiger partial charge < -0.3 is 15.0 Å². The fourth-order valence-corrected chi connectivity index (χ4v) is 3.97. The summed E-state index contributed by atoms with van der Waals surface area (Å²) < 4.78 is 28.1. The van der Waals surface area contributed by atoms with Crippen molar-refractivity contribution in [1.82, 2.24) is 4.90 Å². The third kappa shape index (κ3) is 3.22. The molecule has 1 N–H and O–H groups in total. The highest BCUT2D eigenvalue weighted by molar-refractivity contribution is 7.91. The Morgan fingerprint density at radius 1 is 1.40 bits per heavy atom. The average molecular weight is 298 g/mol. The van der Waals surface area contributed by atoms with Gasteiger partial charge in [-0.1, -0.05) is 12.1 Å². The first kappa shape index (κ1) is 14.6. The van der Waals surface area contributed by atoms with Crippen LogP contribution in [0.4, 0.5) is 10.5 Å². The molecule has 0 bridgehead atoms. The van der Waals surface area contributed by atoms with E-state index >= 15 is 0 Å². The predicted molar refractivity (Wildman–Crippen MR) is 76.8 cm³/mol. The predicted octanol–water partition coefficient (Wildman–Crippen LogP) is 1.35. The smallest absolute Gasteiger partial charge is 0.321 e. The van der Waals surface area contributed by atoms with Crippen molar-refractivity contribution in [1.29, 1.82) is 0 Å². The van der Waals surface area contributed by atoms with Crippen molar-refractivity contribution < 1.29 is 17.9 Å². The number of benzene rings is 1. The number of hydrogen-bond donors (Lipinski definition) is 1. The number of carbonyl (C=O) groups excluding carboxylic acids is 1. The molecule has 110 valence electrons. The largest absolute Gasteiger partial charge is 0.495 e. The maximum Gasteiger partial charge on any atom is 0.321 e. The molecule has 1 unspecified atom stereocenters. The highest BCUT2D eigenvalue weighted by Gasteiger charge is 2.32. The van der Waals surface area contributed by atoms with Gasteiger partial charge in [-0.25, -0.2) is 13.2 Å². The van der Waals surface area contributed by atoms with E-state index < -0.39 is 9.84 Å². The number of ether oxygens (including phenoxy) is 1. The lowest BCUT2D eigenvalue weighted by Crippen LogP contribution is -2.40. The van der Waals surface area contributed by atoms with E-state index in [9.17, 15) is 13.2 Å². The van der Waals surface area contributed by atoms with E-state index in [2.05, 4.69) is 5.32 Å². The fraction of sp³-hybridized carbons (Fsp3) is 0.462. The number of rotatable bonds is 3. The van der Waals surface area contributed by atoms with Crippen LogP contribution in [0.15, 0.2) is 24.3 Å². The van der Waals surface area contributed by atoms with E-state index in [4.69, 9.17) is 4.74 Å². The maximum atomic E-state index is 12.1. The maximum absolute atomic E-state index is 12.1. The van der Waals surface area contributed by atoms with E-state index in [0.717, 1.165) is 0 Å². The lowest BCUT2D eigenvalue weighted by molar-refractivity contribution is 0.209. The zero-order valence-electron chi connectivity index (χ0n) is 11.5. The number of sulfone groups is 1. The molecule has 1 heterocycles. The molecule has 1 aliphatic heterocycles. The minimum atomic E-state index is -3.01. The van der Waals surface area contributed by atoms with Crippen LogP contribution in [-0.2, 0) is 9.84 Å². The summed E-state index contributed by atoms with van der Waals surface area (Å²) in [6, 6.07) is 6.47. The normalized spacial score (nSPS) is 20.4. The Balaban J connectivity index is 2.05. The monoisotopic (exact) mass is 298 g/mol. The number of methoxy groups -OCH3 is 1. The number of nitrogens with zero attached hydrogens (tertiary/aromatic N) is 1. The van der Waals surface area contributed by atoms with E-state index in [1.54, 1.807) is 25.2 Å². The summed E-state index contributed by atoms with van der Waals surface area (Å²) in [6.45, 7) is 0. The number of carbonyl (C=O) groups is 1. The number of para-hydroxylation sites is 2. The zero-order chi connectivity index (χ0) is 14.8. The summed E-state index contributed by atoms with van der Waals surface area (Å²) in [4.78, 5) is 13.6. The molecule has 1 atom stereocenters. The molecule has 1 aromatic carbocycles. The van der Waals surface area contributed by atoms with Crippen LogP contribution < -0.4 is 10.1 Å². The Kier molecular flexibility index (Phi) is 4.17. The van der Waals surface area contributed by atoms with E-state index in [-0.39, 0.29) is 23.6 Å². The Hall–Kier alpha value is -1.76. The summed E-state index contributed by atoms with van der Waals surface area (Å²) >= 11 is 0. The number of anilines is 1. The Morgan fingerprint density at radius 2 is 2.10 bits per heavy atom. The van der Waals surface area contributed by atoms with Crippen LogP contribution in [0.25, 0.3) is 0 Å². The van der Waals surface area contributed by atoms with Gasteiger partial charge in [0.1, 0.15) is 5.75 Å².